The van der Waals surface area contributed by atoms with Gasteiger partial charge in [-0.25, -0.2) is 5.11 Å². The van der Waals surface area contributed by atoms with E-state index in [2.05, 4.69) is 6.92 Å². The first-order chi connectivity index (χ1) is 5.34. The van der Waals surface area contributed by atoms with Crippen LogP contribution in [0.5, 0.6) is 0 Å². The van der Waals surface area contributed by atoms with Gasteiger partial charge in [0.15, 0.2) is 0 Å². The third-order valence-corrected chi connectivity index (χ3v) is 2.64. The fraction of sp³-hybridized carbons (Fsp3) is 0.556. The predicted molar refractivity (Wildman–Crippen MR) is 47.3 cm³/mol. The van der Waals surface area contributed by atoms with E-state index < -0.39 is 6.10 Å². The molecular weight excluding hydrogens is 156 g/mol. The smallest absolute Gasteiger partial charge is 0.127 e. The molecule has 1 aromatic rings. The molecule has 0 spiro atoms. The Bertz CT molecular complexity index is 181. The van der Waals surface area contributed by atoms with Crippen molar-refractivity contribution in [3.05, 3.63) is 22.4 Å². The lowest BCUT2D eigenvalue weighted by Gasteiger charge is -2.02. The van der Waals surface area contributed by atoms with Crippen LogP contribution >= 0.6 is 11.3 Å². The quantitative estimate of drug-likeness (QED) is 0.658. The van der Waals surface area contributed by atoms with Crippen LogP contribution in [0.25, 0.3) is 0 Å². The maximum Gasteiger partial charge on any atom is 0.127 e. The lowest BCUT2D eigenvalue weighted by molar-refractivity contribution is 0.0821. The van der Waals surface area contributed by atoms with E-state index in [9.17, 15) is 5.11 Å². The van der Waals surface area contributed by atoms with Gasteiger partial charge in [0, 0.05) is 4.88 Å². The summed E-state index contributed by atoms with van der Waals surface area (Å²) in [6.45, 7) is 2.11. The van der Waals surface area contributed by atoms with Gasteiger partial charge in [-0.05, 0) is 17.9 Å². The Morgan fingerprint density at radius 2 is 2.45 bits per heavy atom. The molecule has 0 aliphatic rings. The summed E-state index contributed by atoms with van der Waals surface area (Å²) in [7, 11) is 0. The number of thiophene rings is 1. The summed E-state index contributed by atoms with van der Waals surface area (Å²) < 4.78 is 0. The van der Waals surface area contributed by atoms with Crippen molar-refractivity contribution in [3.8, 4) is 0 Å². The van der Waals surface area contributed by atoms with Crippen molar-refractivity contribution in [2.75, 3.05) is 0 Å². The molecule has 0 aliphatic heterocycles. The molecule has 0 bridgehead atoms. The molecule has 0 N–H and O–H groups in total. The molecule has 1 aromatic heterocycles. The number of rotatable bonds is 4. The SMILES string of the molecule is CCCCC([O])c1cccs1. The molecule has 1 rings (SSSR count). The van der Waals surface area contributed by atoms with E-state index in [1.54, 1.807) is 11.3 Å². The van der Waals surface area contributed by atoms with Crippen LogP contribution in [-0.4, -0.2) is 0 Å². The first kappa shape index (κ1) is 8.75. The second-order valence-corrected chi connectivity index (χ2v) is 3.63. The standard InChI is InChI=1S/C9H13OS/c1-2-3-5-8(10)9-6-4-7-11-9/h4,6-8H,2-3,5H2,1H3. The molecule has 1 atom stereocenters. The van der Waals surface area contributed by atoms with Crippen molar-refractivity contribution in [2.45, 2.75) is 32.3 Å². The first-order valence-electron chi connectivity index (χ1n) is 4.03. The van der Waals surface area contributed by atoms with Gasteiger partial charge in [-0.2, -0.15) is 0 Å². The van der Waals surface area contributed by atoms with Crippen molar-refractivity contribution in [2.24, 2.45) is 0 Å². The van der Waals surface area contributed by atoms with Gasteiger partial charge in [0.25, 0.3) is 0 Å². The Kier molecular flexibility index (Phi) is 3.60. The molecule has 0 saturated heterocycles. The average molecular weight is 169 g/mol. The number of unbranched alkanes of at least 4 members (excludes halogenated alkanes) is 1. The Morgan fingerprint density at radius 3 is 3.00 bits per heavy atom. The second kappa shape index (κ2) is 4.52. The van der Waals surface area contributed by atoms with Gasteiger partial charge in [-0.3, -0.25) is 0 Å². The van der Waals surface area contributed by atoms with E-state index in [-0.39, 0.29) is 0 Å². The minimum Gasteiger partial charge on any atom is -0.227 e. The van der Waals surface area contributed by atoms with E-state index in [1.165, 1.54) is 0 Å². The normalized spacial score (nSPS) is 13.3. The fourth-order valence-corrected chi connectivity index (χ4v) is 1.75. The molecule has 0 amide bonds. The number of hydrogen-bond acceptors (Lipinski definition) is 1. The molecular formula is C9H13OS. The van der Waals surface area contributed by atoms with Crippen molar-refractivity contribution >= 4 is 11.3 Å². The third kappa shape index (κ3) is 2.64. The van der Waals surface area contributed by atoms with Crippen molar-refractivity contribution < 1.29 is 5.11 Å². The van der Waals surface area contributed by atoms with Gasteiger partial charge in [0.05, 0.1) is 0 Å². The van der Waals surface area contributed by atoms with E-state index in [1.807, 2.05) is 17.5 Å². The molecule has 1 heterocycles. The average Bonchev–Trinajstić information content (AvgIpc) is 2.52. The zero-order chi connectivity index (χ0) is 8.10. The molecule has 1 radical (unpaired) electrons. The fourth-order valence-electron chi connectivity index (χ4n) is 1.01. The highest BCUT2D eigenvalue weighted by Crippen LogP contribution is 2.23. The van der Waals surface area contributed by atoms with Crippen LogP contribution in [0.15, 0.2) is 17.5 Å². The number of hydrogen-bond donors (Lipinski definition) is 0. The Hall–Kier alpha value is -0.340. The lowest BCUT2D eigenvalue weighted by atomic mass is 10.1. The zero-order valence-electron chi connectivity index (χ0n) is 6.75. The van der Waals surface area contributed by atoms with Crippen LogP contribution in [0.3, 0.4) is 0 Å². The summed E-state index contributed by atoms with van der Waals surface area (Å²) in [6, 6.07) is 3.87. The van der Waals surface area contributed by atoms with Gasteiger partial charge >= 0.3 is 0 Å². The summed E-state index contributed by atoms with van der Waals surface area (Å²) in [4.78, 5) is 0.985. The monoisotopic (exact) mass is 169 g/mol. The topological polar surface area (TPSA) is 19.9 Å². The zero-order valence-corrected chi connectivity index (χ0v) is 7.56. The van der Waals surface area contributed by atoms with E-state index in [0.29, 0.717) is 0 Å². The van der Waals surface area contributed by atoms with Crippen LogP contribution in [0, 0.1) is 0 Å². The van der Waals surface area contributed by atoms with Crippen molar-refractivity contribution in [3.63, 3.8) is 0 Å². The summed E-state index contributed by atoms with van der Waals surface area (Å²) in [6.07, 6.45) is 2.47. The lowest BCUT2D eigenvalue weighted by Crippen LogP contribution is -1.91. The molecule has 0 fully saturated rings. The minimum atomic E-state index is -0.477. The maximum atomic E-state index is 11.4. The van der Waals surface area contributed by atoms with E-state index >= 15 is 0 Å². The van der Waals surface area contributed by atoms with Crippen molar-refractivity contribution in [1.82, 2.24) is 0 Å². The Labute approximate surface area is 71.7 Å². The molecule has 1 unspecified atom stereocenters. The largest absolute Gasteiger partial charge is 0.227 e. The van der Waals surface area contributed by atoms with Gasteiger partial charge in [-0.1, -0.05) is 25.8 Å². The van der Waals surface area contributed by atoms with Gasteiger partial charge in [-0.15, -0.1) is 11.3 Å². The van der Waals surface area contributed by atoms with E-state index in [0.717, 1.165) is 24.1 Å². The molecule has 0 aliphatic carbocycles. The van der Waals surface area contributed by atoms with Crippen LogP contribution in [0.4, 0.5) is 0 Å². The highest BCUT2D eigenvalue weighted by atomic mass is 32.1. The molecule has 11 heavy (non-hydrogen) atoms. The highest BCUT2D eigenvalue weighted by Gasteiger charge is 2.08. The predicted octanol–water partition coefficient (Wildman–Crippen LogP) is 3.41. The Balaban J connectivity index is 2.36. The molecule has 0 aromatic carbocycles. The first-order valence-corrected chi connectivity index (χ1v) is 4.91. The van der Waals surface area contributed by atoms with Crippen LogP contribution in [0.1, 0.15) is 37.2 Å². The van der Waals surface area contributed by atoms with Crippen LogP contribution in [-0.2, 0) is 5.11 Å². The molecule has 2 heteroatoms. The minimum absolute atomic E-state index is 0.477. The second-order valence-electron chi connectivity index (χ2n) is 2.65. The molecule has 0 saturated carbocycles. The molecule has 1 nitrogen and oxygen atoms in total. The Morgan fingerprint density at radius 1 is 1.64 bits per heavy atom. The van der Waals surface area contributed by atoms with Crippen LogP contribution < -0.4 is 0 Å². The van der Waals surface area contributed by atoms with Gasteiger partial charge in [0.1, 0.15) is 6.10 Å². The highest BCUT2D eigenvalue weighted by molar-refractivity contribution is 7.10. The third-order valence-electron chi connectivity index (χ3n) is 1.68. The van der Waals surface area contributed by atoms with Gasteiger partial charge in [0.2, 0.25) is 0 Å². The summed E-state index contributed by atoms with van der Waals surface area (Å²) in [5, 5.41) is 13.3. The van der Waals surface area contributed by atoms with Crippen LogP contribution in [0.2, 0.25) is 0 Å². The summed E-state index contributed by atoms with van der Waals surface area (Å²) >= 11 is 1.57. The van der Waals surface area contributed by atoms with Gasteiger partial charge < -0.3 is 0 Å². The molecule has 61 valence electrons. The van der Waals surface area contributed by atoms with Crippen molar-refractivity contribution in [1.29, 1.82) is 0 Å². The summed E-state index contributed by atoms with van der Waals surface area (Å²) in [5.74, 6) is 0. The summed E-state index contributed by atoms with van der Waals surface area (Å²) in [5.41, 5.74) is 0. The maximum absolute atomic E-state index is 11.4. The van der Waals surface area contributed by atoms with E-state index in [4.69, 9.17) is 0 Å².